The van der Waals surface area contributed by atoms with Gasteiger partial charge in [0.1, 0.15) is 5.75 Å². The van der Waals surface area contributed by atoms with Crippen molar-refractivity contribution in [2.45, 2.75) is 13.0 Å². The lowest BCUT2D eigenvalue weighted by Crippen LogP contribution is -2.32. The molecule has 0 unspecified atom stereocenters. The molecule has 2 atom stereocenters. The van der Waals surface area contributed by atoms with Crippen LogP contribution in [-0.2, 0) is 10.8 Å². The Morgan fingerprint density at radius 3 is 2.50 bits per heavy atom. The standard InChI is InChI=1S/C17H19NO3S/c1-12-7-6-10-14(16(12)19)17(20)18-15(11-22(2)21)13-8-4-3-5-9-13/h3-10,15,19H,11H2,1-2H3,(H,18,20)/t15-,22-/m0/s1. The Morgan fingerprint density at radius 1 is 1.18 bits per heavy atom. The van der Waals surface area contributed by atoms with Crippen LogP contribution in [0.2, 0.25) is 0 Å². The number of carbonyl (C=O) groups excluding carboxylic acids is 1. The molecule has 2 aromatic carbocycles. The zero-order valence-electron chi connectivity index (χ0n) is 12.6. The highest BCUT2D eigenvalue weighted by molar-refractivity contribution is 7.84. The highest BCUT2D eigenvalue weighted by Crippen LogP contribution is 2.22. The molecule has 0 spiro atoms. The first-order valence-electron chi connectivity index (χ1n) is 6.93. The first-order valence-corrected chi connectivity index (χ1v) is 8.66. The number of amides is 1. The minimum atomic E-state index is -1.06. The van der Waals surface area contributed by atoms with Crippen LogP contribution >= 0.6 is 0 Å². The minimum Gasteiger partial charge on any atom is -0.507 e. The molecule has 0 saturated heterocycles. The number of benzene rings is 2. The molecule has 2 rings (SSSR count). The van der Waals surface area contributed by atoms with Crippen LogP contribution in [-0.4, -0.2) is 27.2 Å². The van der Waals surface area contributed by atoms with Gasteiger partial charge in [-0.15, -0.1) is 0 Å². The number of hydrogen-bond acceptors (Lipinski definition) is 3. The maximum atomic E-state index is 12.4. The Labute approximate surface area is 132 Å². The van der Waals surface area contributed by atoms with E-state index in [1.807, 2.05) is 30.3 Å². The van der Waals surface area contributed by atoms with E-state index in [0.717, 1.165) is 5.56 Å². The van der Waals surface area contributed by atoms with E-state index < -0.39 is 10.8 Å². The Hall–Kier alpha value is -2.14. The second kappa shape index (κ2) is 7.22. The molecule has 0 radical (unpaired) electrons. The van der Waals surface area contributed by atoms with Crippen molar-refractivity contribution in [3.8, 4) is 5.75 Å². The van der Waals surface area contributed by atoms with E-state index in [0.29, 0.717) is 11.3 Å². The Bertz CT molecular complexity index is 686. The third-order valence-electron chi connectivity index (χ3n) is 3.39. The van der Waals surface area contributed by atoms with Crippen molar-refractivity contribution in [2.75, 3.05) is 12.0 Å². The molecule has 0 aliphatic heterocycles. The molecule has 0 bridgehead atoms. The van der Waals surface area contributed by atoms with Crippen molar-refractivity contribution >= 4 is 16.7 Å². The fourth-order valence-corrected chi connectivity index (χ4v) is 2.96. The predicted molar refractivity (Wildman–Crippen MR) is 88.4 cm³/mol. The molecule has 22 heavy (non-hydrogen) atoms. The van der Waals surface area contributed by atoms with E-state index in [-0.39, 0.29) is 23.3 Å². The van der Waals surface area contributed by atoms with Crippen molar-refractivity contribution in [1.82, 2.24) is 5.32 Å². The zero-order chi connectivity index (χ0) is 16.1. The summed E-state index contributed by atoms with van der Waals surface area (Å²) in [4.78, 5) is 12.4. The van der Waals surface area contributed by atoms with Crippen LogP contribution in [0, 0.1) is 6.92 Å². The Morgan fingerprint density at radius 2 is 1.86 bits per heavy atom. The number of phenolic OH excluding ortho intramolecular Hbond substituents is 1. The van der Waals surface area contributed by atoms with Crippen molar-refractivity contribution < 1.29 is 14.1 Å². The molecule has 0 aromatic heterocycles. The largest absolute Gasteiger partial charge is 0.507 e. The molecular weight excluding hydrogens is 298 g/mol. The summed E-state index contributed by atoms with van der Waals surface area (Å²) < 4.78 is 11.6. The molecule has 0 saturated carbocycles. The van der Waals surface area contributed by atoms with Crippen molar-refractivity contribution in [1.29, 1.82) is 0 Å². The van der Waals surface area contributed by atoms with Gasteiger partial charge in [0, 0.05) is 22.8 Å². The lowest BCUT2D eigenvalue weighted by Gasteiger charge is -2.19. The molecule has 2 aromatic rings. The van der Waals surface area contributed by atoms with Gasteiger partial charge in [0.25, 0.3) is 5.91 Å². The number of phenols is 1. The summed E-state index contributed by atoms with van der Waals surface area (Å²) in [6.45, 7) is 1.74. The minimum absolute atomic E-state index is 0.0237. The average molecular weight is 317 g/mol. The molecule has 5 heteroatoms. The number of carbonyl (C=O) groups is 1. The number of nitrogens with one attached hydrogen (secondary N) is 1. The maximum absolute atomic E-state index is 12.4. The van der Waals surface area contributed by atoms with Gasteiger partial charge in [-0.2, -0.15) is 0 Å². The second-order valence-corrected chi connectivity index (χ2v) is 6.63. The lowest BCUT2D eigenvalue weighted by molar-refractivity contribution is 0.0937. The number of aromatic hydroxyl groups is 1. The fraction of sp³-hybridized carbons (Fsp3) is 0.235. The van der Waals surface area contributed by atoms with Crippen LogP contribution in [0.1, 0.15) is 27.5 Å². The van der Waals surface area contributed by atoms with Gasteiger partial charge in [-0.25, -0.2) is 0 Å². The van der Waals surface area contributed by atoms with Gasteiger partial charge in [-0.1, -0.05) is 42.5 Å². The Balaban J connectivity index is 2.25. The molecule has 2 N–H and O–H groups in total. The van der Waals surface area contributed by atoms with Crippen LogP contribution in [0.15, 0.2) is 48.5 Å². The third-order valence-corrected chi connectivity index (χ3v) is 4.19. The third kappa shape index (κ3) is 3.95. The molecule has 4 nitrogen and oxygen atoms in total. The Kier molecular flexibility index (Phi) is 5.33. The van der Waals surface area contributed by atoms with E-state index >= 15 is 0 Å². The van der Waals surface area contributed by atoms with Crippen molar-refractivity contribution in [3.63, 3.8) is 0 Å². The summed E-state index contributed by atoms with van der Waals surface area (Å²) in [5.74, 6) is -0.0765. The number of rotatable bonds is 5. The van der Waals surface area contributed by atoms with Crippen LogP contribution in [0.5, 0.6) is 5.75 Å². The number of para-hydroxylation sites is 1. The quantitative estimate of drug-likeness (QED) is 0.890. The molecule has 0 heterocycles. The van der Waals surface area contributed by atoms with E-state index in [2.05, 4.69) is 5.32 Å². The van der Waals surface area contributed by atoms with Crippen LogP contribution in [0.4, 0.5) is 0 Å². The summed E-state index contributed by atoms with van der Waals surface area (Å²) in [5.41, 5.74) is 1.75. The van der Waals surface area contributed by atoms with Crippen molar-refractivity contribution in [2.24, 2.45) is 0 Å². The van der Waals surface area contributed by atoms with Crippen molar-refractivity contribution in [3.05, 3.63) is 65.2 Å². The highest BCUT2D eigenvalue weighted by Gasteiger charge is 2.19. The summed E-state index contributed by atoms with van der Waals surface area (Å²) in [6.07, 6.45) is 1.60. The van der Waals surface area contributed by atoms with E-state index in [4.69, 9.17) is 0 Å². The summed E-state index contributed by atoms with van der Waals surface area (Å²) in [5, 5.41) is 12.9. The maximum Gasteiger partial charge on any atom is 0.255 e. The zero-order valence-corrected chi connectivity index (χ0v) is 13.4. The normalized spacial score (nSPS) is 13.4. The summed E-state index contributed by atoms with van der Waals surface area (Å²) in [7, 11) is -1.06. The van der Waals surface area contributed by atoms with Crippen LogP contribution < -0.4 is 5.32 Å². The van der Waals surface area contributed by atoms with E-state index in [9.17, 15) is 14.1 Å². The van der Waals surface area contributed by atoms with Gasteiger partial charge in [-0.05, 0) is 24.1 Å². The van der Waals surface area contributed by atoms with Gasteiger partial charge in [0.05, 0.1) is 11.6 Å². The molecule has 1 amide bonds. The lowest BCUT2D eigenvalue weighted by atomic mass is 10.1. The summed E-state index contributed by atoms with van der Waals surface area (Å²) >= 11 is 0. The predicted octanol–water partition coefficient (Wildman–Crippen LogP) is 2.55. The first-order chi connectivity index (χ1) is 10.5. The molecule has 0 aliphatic carbocycles. The van der Waals surface area contributed by atoms with Gasteiger partial charge in [-0.3, -0.25) is 9.00 Å². The fourth-order valence-electron chi connectivity index (χ4n) is 2.22. The first kappa shape index (κ1) is 16.2. The molecular formula is C17H19NO3S. The highest BCUT2D eigenvalue weighted by atomic mass is 32.2. The second-order valence-electron chi connectivity index (χ2n) is 5.15. The average Bonchev–Trinajstić information content (AvgIpc) is 2.49. The monoisotopic (exact) mass is 317 g/mol. The SMILES string of the molecule is Cc1cccc(C(=O)N[C@@H](C[S@](C)=O)c2ccccc2)c1O. The number of hydrogen-bond donors (Lipinski definition) is 2. The summed E-state index contributed by atoms with van der Waals surface area (Å²) in [6, 6.07) is 14.1. The van der Waals surface area contributed by atoms with Gasteiger partial charge in [0.2, 0.25) is 0 Å². The van der Waals surface area contributed by atoms with E-state index in [1.165, 1.54) is 0 Å². The molecule has 116 valence electrons. The van der Waals surface area contributed by atoms with Gasteiger partial charge < -0.3 is 10.4 Å². The van der Waals surface area contributed by atoms with Crippen LogP contribution in [0.25, 0.3) is 0 Å². The number of aryl methyl sites for hydroxylation is 1. The topological polar surface area (TPSA) is 66.4 Å². The van der Waals surface area contributed by atoms with Gasteiger partial charge in [0.15, 0.2) is 0 Å². The van der Waals surface area contributed by atoms with Gasteiger partial charge >= 0.3 is 0 Å². The molecule has 0 fully saturated rings. The smallest absolute Gasteiger partial charge is 0.255 e. The molecule has 0 aliphatic rings. The van der Waals surface area contributed by atoms with Crippen LogP contribution in [0.3, 0.4) is 0 Å². The van der Waals surface area contributed by atoms with E-state index in [1.54, 1.807) is 31.4 Å².